The van der Waals surface area contributed by atoms with Gasteiger partial charge in [0.05, 0.1) is 0 Å². The molecule has 5 nitrogen and oxygen atoms in total. The summed E-state index contributed by atoms with van der Waals surface area (Å²) in [6.07, 6.45) is -0.627. The van der Waals surface area contributed by atoms with Crippen molar-refractivity contribution in [2.75, 3.05) is 5.32 Å². The maximum Gasteiger partial charge on any atom is 0.408 e. The number of anilines is 1. The van der Waals surface area contributed by atoms with Crippen LogP contribution in [-0.4, -0.2) is 23.6 Å². The first-order valence-electron chi connectivity index (χ1n) is 6.65. The number of carbonyl (C=O) groups is 2. The molecular formula is C15H21ClN2O3. The van der Waals surface area contributed by atoms with Gasteiger partial charge in [-0.2, -0.15) is 0 Å². The maximum atomic E-state index is 12.0. The molecule has 0 radical (unpaired) electrons. The lowest BCUT2D eigenvalue weighted by Crippen LogP contribution is -2.44. The van der Waals surface area contributed by atoms with Gasteiger partial charge in [0.25, 0.3) is 0 Å². The molecule has 1 atom stereocenters. The van der Waals surface area contributed by atoms with Gasteiger partial charge in [-0.15, -0.1) is 0 Å². The second-order valence-corrected chi connectivity index (χ2v) is 6.25. The zero-order chi connectivity index (χ0) is 16.2. The Hall–Kier alpha value is -1.75. The van der Waals surface area contributed by atoms with Crippen LogP contribution in [-0.2, 0) is 9.53 Å². The van der Waals surface area contributed by atoms with Crippen LogP contribution in [0, 0.1) is 6.92 Å². The van der Waals surface area contributed by atoms with E-state index in [4.69, 9.17) is 16.3 Å². The van der Waals surface area contributed by atoms with Crippen LogP contribution in [0.3, 0.4) is 0 Å². The number of hydrogen-bond donors (Lipinski definition) is 2. The highest BCUT2D eigenvalue weighted by Gasteiger charge is 2.21. The third kappa shape index (κ3) is 6.04. The molecule has 0 unspecified atom stereocenters. The summed E-state index contributed by atoms with van der Waals surface area (Å²) in [7, 11) is 0. The predicted molar refractivity (Wildman–Crippen MR) is 83.7 cm³/mol. The molecule has 1 aromatic rings. The highest BCUT2D eigenvalue weighted by atomic mass is 35.5. The minimum absolute atomic E-state index is 0.328. The zero-order valence-corrected chi connectivity index (χ0v) is 13.7. The number of hydrogen-bond acceptors (Lipinski definition) is 3. The van der Waals surface area contributed by atoms with Crippen molar-refractivity contribution in [1.29, 1.82) is 0 Å². The minimum atomic E-state index is -0.713. The number of ether oxygens (including phenoxy) is 1. The van der Waals surface area contributed by atoms with Gasteiger partial charge in [0, 0.05) is 10.7 Å². The van der Waals surface area contributed by atoms with Gasteiger partial charge in [0.15, 0.2) is 0 Å². The number of amides is 2. The van der Waals surface area contributed by atoms with Crippen molar-refractivity contribution < 1.29 is 14.3 Å². The summed E-state index contributed by atoms with van der Waals surface area (Å²) >= 11 is 5.86. The number of aryl methyl sites for hydroxylation is 1. The van der Waals surface area contributed by atoms with Crippen LogP contribution in [0.4, 0.5) is 10.5 Å². The van der Waals surface area contributed by atoms with Gasteiger partial charge in [0.2, 0.25) is 5.91 Å². The molecule has 0 heterocycles. The number of carbonyl (C=O) groups excluding carboxylic acids is 2. The van der Waals surface area contributed by atoms with E-state index in [0.717, 1.165) is 5.56 Å². The number of alkyl carbamates (subject to hydrolysis) is 1. The second kappa shape index (κ2) is 6.80. The van der Waals surface area contributed by atoms with Crippen LogP contribution >= 0.6 is 11.6 Å². The number of nitrogens with one attached hydrogen (secondary N) is 2. The van der Waals surface area contributed by atoms with Crippen molar-refractivity contribution in [3.63, 3.8) is 0 Å². The molecule has 0 bridgehead atoms. The Bertz CT molecular complexity index is 538. The fourth-order valence-electron chi connectivity index (χ4n) is 1.56. The highest BCUT2D eigenvalue weighted by Crippen LogP contribution is 2.19. The largest absolute Gasteiger partial charge is 0.444 e. The van der Waals surface area contributed by atoms with Crippen molar-refractivity contribution in [2.45, 2.75) is 46.3 Å². The monoisotopic (exact) mass is 312 g/mol. The molecule has 0 saturated heterocycles. The van der Waals surface area contributed by atoms with Crippen molar-refractivity contribution in [2.24, 2.45) is 0 Å². The average Bonchev–Trinajstić information content (AvgIpc) is 2.29. The van der Waals surface area contributed by atoms with Gasteiger partial charge in [-0.25, -0.2) is 4.79 Å². The minimum Gasteiger partial charge on any atom is -0.444 e. The van der Waals surface area contributed by atoms with E-state index in [9.17, 15) is 9.59 Å². The van der Waals surface area contributed by atoms with Crippen LogP contribution < -0.4 is 10.6 Å². The van der Waals surface area contributed by atoms with Crippen molar-refractivity contribution >= 4 is 29.3 Å². The van der Waals surface area contributed by atoms with Crippen molar-refractivity contribution in [1.82, 2.24) is 5.32 Å². The summed E-state index contributed by atoms with van der Waals surface area (Å²) in [6, 6.07) is 4.45. The number of rotatable bonds is 3. The SMILES string of the molecule is Cc1cc(Cl)ccc1NC(=O)[C@@H](C)NC(=O)OC(C)(C)C. The smallest absolute Gasteiger partial charge is 0.408 e. The molecule has 6 heteroatoms. The van der Waals surface area contributed by atoms with Crippen molar-refractivity contribution in [3.8, 4) is 0 Å². The van der Waals surface area contributed by atoms with E-state index < -0.39 is 17.7 Å². The molecular weight excluding hydrogens is 292 g/mol. The zero-order valence-electron chi connectivity index (χ0n) is 12.9. The van der Waals surface area contributed by atoms with E-state index >= 15 is 0 Å². The van der Waals surface area contributed by atoms with E-state index in [0.29, 0.717) is 10.7 Å². The first kappa shape index (κ1) is 17.3. The predicted octanol–water partition coefficient (Wildman–Crippen LogP) is 3.50. The summed E-state index contributed by atoms with van der Waals surface area (Å²) in [5.74, 6) is -0.328. The summed E-state index contributed by atoms with van der Waals surface area (Å²) in [6.45, 7) is 8.70. The molecule has 21 heavy (non-hydrogen) atoms. The standard InChI is InChI=1S/C15H21ClN2O3/c1-9-8-11(16)6-7-12(9)18-13(19)10(2)17-14(20)21-15(3,4)5/h6-8,10H,1-5H3,(H,17,20)(H,18,19)/t10-/m1/s1. The molecule has 0 spiro atoms. The van der Waals surface area contributed by atoms with Crippen LogP contribution in [0.25, 0.3) is 0 Å². The molecule has 116 valence electrons. The Balaban J connectivity index is 2.61. The second-order valence-electron chi connectivity index (χ2n) is 5.82. The first-order valence-corrected chi connectivity index (χ1v) is 7.03. The molecule has 0 aromatic heterocycles. The van der Waals surface area contributed by atoms with Crippen LogP contribution in [0.1, 0.15) is 33.3 Å². The summed E-state index contributed by atoms with van der Waals surface area (Å²) in [5.41, 5.74) is 0.898. The lowest BCUT2D eigenvalue weighted by molar-refractivity contribution is -0.117. The van der Waals surface area contributed by atoms with Crippen LogP contribution in [0.5, 0.6) is 0 Å². The molecule has 0 saturated carbocycles. The summed E-state index contributed by atoms with van der Waals surface area (Å²) in [4.78, 5) is 23.6. The molecule has 0 fully saturated rings. The van der Waals surface area contributed by atoms with Gasteiger partial charge >= 0.3 is 6.09 Å². The van der Waals surface area contributed by atoms with Gasteiger partial charge in [-0.3, -0.25) is 4.79 Å². The van der Waals surface area contributed by atoms with Gasteiger partial charge in [-0.1, -0.05) is 11.6 Å². The molecule has 0 aliphatic carbocycles. The normalized spacial score (nSPS) is 12.5. The lowest BCUT2D eigenvalue weighted by atomic mass is 10.2. The van der Waals surface area contributed by atoms with Crippen LogP contribution in [0.2, 0.25) is 5.02 Å². The van der Waals surface area contributed by atoms with Gasteiger partial charge in [0.1, 0.15) is 11.6 Å². The summed E-state index contributed by atoms with van der Waals surface area (Å²) < 4.78 is 5.10. The van der Waals surface area contributed by atoms with E-state index in [1.54, 1.807) is 45.9 Å². The maximum absolute atomic E-state index is 12.0. The molecule has 2 amide bonds. The Morgan fingerprint density at radius 3 is 2.43 bits per heavy atom. The fraction of sp³-hybridized carbons (Fsp3) is 0.467. The Labute approximate surface area is 130 Å². The topological polar surface area (TPSA) is 67.4 Å². The molecule has 1 aromatic carbocycles. The highest BCUT2D eigenvalue weighted by molar-refractivity contribution is 6.30. The quantitative estimate of drug-likeness (QED) is 0.897. The lowest BCUT2D eigenvalue weighted by Gasteiger charge is -2.21. The first-order chi connectivity index (χ1) is 9.58. The van der Waals surface area contributed by atoms with E-state index in [-0.39, 0.29) is 5.91 Å². The van der Waals surface area contributed by atoms with Crippen molar-refractivity contribution in [3.05, 3.63) is 28.8 Å². The molecule has 0 aliphatic heterocycles. The molecule has 2 N–H and O–H groups in total. The van der Waals surface area contributed by atoms with E-state index in [1.165, 1.54) is 0 Å². The van der Waals surface area contributed by atoms with E-state index in [2.05, 4.69) is 10.6 Å². The Morgan fingerprint density at radius 2 is 1.90 bits per heavy atom. The van der Waals surface area contributed by atoms with Gasteiger partial charge < -0.3 is 15.4 Å². The number of halogens is 1. The fourth-order valence-corrected chi connectivity index (χ4v) is 1.78. The summed E-state index contributed by atoms with van der Waals surface area (Å²) in [5, 5.41) is 5.83. The molecule has 1 rings (SSSR count). The third-order valence-electron chi connectivity index (χ3n) is 2.57. The third-order valence-corrected chi connectivity index (χ3v) is 2.81. The Kier molecular flexibility index (Phi) is 5.61. The van der Waals surface area contributed by atoms with Gasteiger partial charge in [-0.05, 0) is 58.4 Å². The Morgan fingerprint density at radius 1 is 1.29 bits per heavy atom. The number of benzene rings is 1. The van der Waals surface area contributed by atoms with Crippen LogP contribution in [0.15, 0.2) is 18.2 Å². The average molecular weight is 313 g/mol. The molecule has 0 aliphatic rings. The van der Waals surface area contributed by atoms with E-state index in [1.807, 2.05) is 6.92 Å².